The number of fused-ring (bicyclic) bond motifs is 3. The Balaban J connectivity index is 2.60. The second-order valence-electron chi connectivity index (χ2n) is 4.85. The predicted octanol–water partition coefficient (Wildman–Crippen LogP) is 3.30. The monoisotopic (exact) mass is 284 g/mol. The van der Waals surface area contributed by atoms with E-state index in [2.05, 4.69) is 0 Å². The largest absolute Gasteiger partial charge is 0.496 e. The Labute approximate surface area is 120 Å². The van der Waals surface area contributed by atoms with Crippen LogP contribution in [0.4, 0.5) is 5.69 Å². The molecule has 0 amide bonds. The van der Waals surface area contributed by atoms with Gasteiger partial charge in [0.2, 0.25) is 0 Å². The van der Waals surface area contributed by atoms with Crippen molar-refractivity contribution < 1.29 is 13.9 Å². The first-order valence-electron chi connectivity index (χ1n) is 6.48. The molecule has 2 aromatic carbocycles. The van der Waals surface area contributed by atoms with E-state index in [9.17, 15) is 9.70 Å². The first-order chi connectivity index (χ1) is 10.0. The summed E-state index contributed by atoms with van der Waals surface area (Å²) in [4.78, 5) is 23.8. The van der Waals surface area contributed by atoms with Crippen LogP contribution in [0.2, 0.25) is 0 Å². The molecular formula is C16H14NO4+. The van der Waals surface area contributed by atoms with E-state index in [0.29, 0.717) is 28.0 Å². The van der Waals surface area contributed by atoms with Crippen LogP contribution in [0.5, 0.6) is 5.75 Å². The summed E-state index contributed by atoms with van der Waals surface area (Å²) in [7, 11) is 2.97. The van der Waals surface area contributed by atoms with Crippen LogP contribution in [0, 0.1) is 11.8 Å². The summed E-state index contributed by atoms with van der Waals surface area (Å²) in [5, 5.41) is 1.87. The Morgan fingerprint density at radius 3 is 2.57 bits per heavy atom. The van der Waals surface area contributed by atoms with Gasteiger partial charge in [-0.2, -0.15) is 0 Å². The molecule has 5 heteroatoms. The summed E-state index contributed by atoms with van der Waals surface area (Å²) in [5.41, 5.74) is 1.07. The van der Waals surface area contributed by atoms with Crippen LogP contribution in [-0.2, 0) is 0 Å². The summed E-state index contributed by atoms with van der Waals surface area (Å²) in [6.07, 6.45) is 0. The van der Waals surface area contributed by atoms with Crippen molar-refractivity contribution in [3.05, 3.63) is 51.2 Å². The molecule has 3 rings (SSSR count). The van der Waals surface area contributed by atoms with Crippen LogP contribution < -0.4 is 10.4 Å². The molecule has 0 atom stereocenters. The first-order valence-corrected chi connectivity index (χ1v) is 6.48. The van der Waals surface area contributed by atoms with Crippen LogP contribution in [-0.4, -0.2) is 18.9 Å². The zero-order chi connectivity index (χ0) is 15.1. The number of methoxy groups -OCH3 is 1. The minimum absolute atomic E-state index is 0.409. The van der Waals surface area contributed by atoms with Gasteiger partial charge in [0.1, 0.15) is 11.3 Å². The molecule has 0 spiro atoms. The van der Waals surface area contributed by atoms with Crippen molar-refractivity contribution in [2.75, 3.05) is 14.2 Å². The molecular weight excluding hydrogens is 270 g/mol. The highest BCUT2D eigenvalue weighted by atomic mass is 16.5. The third kappa shape index (κ3) is 1.89. The number of hydrogen-bond donors (Lipinski definition) is 0. The summed E-state index contributed by atoms with van der Waals surface area (Å²) in [6.45, 7) is 1.74. The number of nitroso groups, excluding NO2 is 1. The van der Waals surface area contributed by atoms with Crippen molar-refractivity contribution in [3.63, 3.8) is 0 Å². The van der Waals surface area contributed by atoms with E-state index in [1.807, 2.05) is 6.07 Å². The van der Waals surface area contributed by atoms with E-state index in [-0.39, 0.29) is 0 Å². The van der Waals surface area contributed by atoms with E-state index in [1.165, 1.54) is 7.05 Å². The van der Waals surface area contributed by atoms with Crippen molar-refractivity contribution in [1.29, 1.82) is 0 Å². The third-order valence-corrected chi connectivity index (χ3v) is 3.66. The third-order valence-electron chi connectivity index (χ3n) is 3.66. The molecule has 0 aliphatic heterocycles. The number of hydrogen-bond acceptors (Lipinski definition) is 4. The topological polar surface area (TPSA) is 59.5 Å². The highest BCUT2D eigenvalue weighted by molar-refractivity contribution is 6.09. The van der Waals surface area contributed by atoms with Gasteiger partial charge in [-0.1, -0.05) is 6.07 Å². The van der Waals surface area contributed by atoms with E-state index >= 15 is 0 Å². The Morgan fingerprint density at radius 1 is 1.14 bits per heavy atom. The molecule has 0 N–H and O–H groups in total. The van der Waals surface area contributed by atoms with Crippen LogP contribution in [0.15, 0.2) is 39.5 Å². The van der Waals surface area contributed by atoms with Crippen LogP contribution >= 0.6 is 0 Å². The highest BCUT2D eigenvalue weighted by Gasteiger charge is 2.20. The fourth-order valence-electron chi connectivity index (χ4n) is 2.70. The standard InChI is InChI=1S/C16H14NO4/c1-9-11(17(2)19)8-7-10-14(9)16(18)21-13-6-4-5-12(20-3)15(10)13/h4-8H,1-3H3/q+1. The number of rotatable bonds is 2. The van der Waals surface area contributed by atoms with Crippen LogP contribution in [0.3, 0.4) is 0 Å². The average molecular weight is 284 g/mol. The molecule has 0 fully saturated rings. The Morgan fingerprint density at radius 2 is 1.90 bits per heavy atom. The fraction of sp³-hybridized carbons (Fsp3) is 0.188. The molecule has 3 aromatic rings. The van der Waals surface area contributed by atoms with Gasteiger partial charge in [0.25, 0.3) is 5.69 Å². The van der Waals surface area contributed by atoms with Gasteiger partial charge < -0.3 is 9.15 Å². The Bertz CT molecular complexity index is 940. The van der Waals surface area contributed by atoms with Crippen molar-refractivity contribution in [1.82, 2.24) is 0 Å². The molecule has 1 heterocycles. The molecule has 106 valence electrons. The van der Waals surface area contributed by atoms with E-state index in [0.717, 1.165) is 15.5 Å². The van der Waals surface area contributed by atoms with Crippen LogP contribution in [0.1, 0.15) is 5.56 Å². The molecule has 0 unspecified atom stereocenters. The second-order valence-corrected chi connectivity index (χ2v) is 4.85. The number of aryl methyl sites for hydroxylation is 1. The minimum atomic E-state index is -0.452. The maximum absolute atomic E-state index is 12.3. The zero-order valence-corrected chi connectivity index (χ0v) is 12.0. The zero-order valence-electron chi connectivity index (χ0n) is 12.0. The van der Waals surface area contributed by atoms with E-state index in [1.54, 1.807) is 38.3 Å². The molecule has 0 radical (unpaired) electrons. The molecule has 21 heavy (non-hydrogen) atoms. The van der Waals surface area contributed by atoms with Gasteiger partial charge in [0, 0.05) is 26.7 Å². The van der Waals surface area contributed by atoms with Gasteiger partial charge in [-0.25, -0.2) is 4.79 Å². The van der Waals surface area contributed by atoms with Gasteiger partial charge in [-0.3, -0.25) is 0 Å². The molecule has 0 saturated heterocycles. The minimum Gasteiger partial charge on any atom is -0.496 e. The quantitative estimate of drug-likeness (QED) is 0.411. The molecule has 0 aliphatic carbocycles. The SMILES string of the molecule is COc1cccc2oc(=O)c3c(C)c([N+](C)=O)ccc3c12. The highest BCUT2D eigenvalue weighted by Crippen LogP contribution is 2.34. The average Bonchev–Trinajstić information content (AvgIpc) is 2.46. The van der Waals surface area contributed by atoms with Crippen LogP contribution in [0.25, 0.3) is 21.7 Å². The molecule has 5 nitrogen and oxygen atoms in total. The van der Waals surface area contributed by atoms with Crippen molar-refractivity contribution in [3.8, 4) is 5.75 Å². The first kappa shape index (κ1) is 13.3. The number of nitrogens with zero attached hydrogens (tertiary/aromatic N) is 1. The maximum Gasteiger partial charge on any atom is 0.344 e. The lowest BCUT2D eigenvalue weighted by Gasteiger charge is -2.08. The lowest BCUT2D eigenvalue weighted by atomic mass is 10.0. The van der Waals surface area contributed by atoms with E-state index in [4.69, 9.17) is 9.15 Å². The van der Waals surface area contributed by atoms with Crippen molar-refractivity contribution in [2.45, 2.75) is 6.92 Å². The fourth-order valence-corrected chi connectivity index (χ4v) is 2.70. The number of benzene rings is 2. The Kier molecular flexibility index (Phi) is 2.97. The number of ether oxygens (including phenoxy) is 1. The van der Waals surface area contributed by atoms with Crippen molar-refractivity contribution >= 4 is 27.4 Å². The predicted molar refractivity (Wildman–Crippen MR) is 80.5 cm³/mol. The summed E-state index contributed by atoms with van der Waals surface area (Å²) in [6, 6.07) is 8.76. The smallest absolute Gasteiger partial charge is 0.344 e. The van der Waals surface area contributed by atoms with Gasteiger partial charge in [0.05, 0.1) is 17.9 Å². The van der Waals surface area contributed by atoms with Crippen molar-refractivity contribution in [2.24, 2.45) is 0 Å². The summed E-state index contributed by atoms with van der Waals surface area (Å²) < 4.78 is 11.5. The van der Waals surface area contributed by atoms with Gasteiger partial charge in [-0.05, 0) is 25.1 Å². The van der Waals surface area contributed by atoms with E-state index < -0.39 is 5.63 Å². The molecule has 0 aliphatic rings. The maximum atomic E-state index is 12.3. The Hall–Kier alpha value is -2.69. The molecule has 0 bridgehead atoms. The molecule has 1 aromatic heterocycles. The summed E-state index contributed by atoms with van der Waals surface area (Å²) in [5.74, 6) is 0.629. The second kappa shape index (κ2) is 4.70. The van der Waals surface area contributed by atoms with Gasteiger partial charge >= 0.3 is 5.63 Å². The lowest BCUT2D eigenvalue weighted by molar-refractivity contribution is -0.428. The summed E-state index contributed by atoms with van der Waals surface area (Å²) >= 11 is 0. The normalized spacial score (nSPS) is 11.0. The molecule has 0 saturated carbocycles. The van der Waals surface area contributed by atoms with Gasteiger partial charge in [-0.15, -0.1) is 0 Å². The lowest BCUT2D eigenvalue weighted by Crippen LogP contribution is -2.05. The van der Waals surface area contributed by atoms with Gasteiger partial charge in [0.15, 0.2) is 7.05 Å².